The minimum absolute atomic E-state index is 0.0141. The highest BCUT2D eigenvalue weighted by atomic mass is 32.1. The Hall–Kier alpha value is -2.98. The molecule has 0 amide bonds. The summed E-state index contributed by atoms with van der Waals surface area (Å²) in [7, 11) is 4.12. The predicted octanol–water partition coefficient (Wildman–Crippen LogP) is 2.76. The van der Waals surface area contributed by atoms with Gasteiger partial charge in [0.2, 0.25) is 5.90 Å². The molecule has 9 nitrogen and oxygen atoms in total. The third-order valence-corrected chi connectivity index (χ3v) is 6.28. The summed E-state index contributed by atoms with van der Waals surface area (Å²) >= 11 is 1.54. The van der Waals surface area contributed by atoms with Gasteiger partial charge in [-0.15, -0.1) is 11.3 Å². The molecule has 0 spiro atoms. The standard InChI is InChI=1S/C22H28N4O5S/c1-29-19(27)12-18(21(28)31-3)26-10-8-16(9-11-26)24-22-25-17(13-32-22)14-4-6-15(7-5-14)20(23)30-2/h4-7,13,16,18,23H,8-12H2,1-3H3,(H,24,25). The number of benzene rings is 1. The minimum Gasteiger partial charge on any atom is -0.481 e. The van der Waals surface area contributed by atoms with Gasteiger partial charge in [-0.05, 0) is 25.0 Å². The van der Waals surface area contributed by atoms with Gasteiger partial charge in [-0.3, -0.25) is 19.9 Å². The molecule has 0 aliphatic carbocycles. The van der Waals surface area contributed by atoms with Crippen molar-refractivity contribution in [3.05, 3.63) is 35.2 Å². The van der Waals surface area contributed by atoms with Gasteiger partial charge in [0, 0.05) is 35.6 Å². The number of aromatic nitrogens is 1. The fraction of sp³-hybridized carbons (Fsp3) is 0.455. The molecule has 2 heterocycles. The molecule has 1 unspecified atom stereocenters. The smallest absolute Gasteiger partial charge is 0.323 e. The van der Waals surface area contributed by atoms with E-state index >= 15 is 0 Å². The first-order valence-electron chi connectivity index (χ1n) is 10.3. The monoisotopic (exact) mass is 460 g/mol. The SMILES string of the molecule is COC(=N)c1ccc(-c2csc(NC3CCN(C(CC(=O)OC)C(=O)OC)CC3)n2)cc1. The highest BCUT2D eigenvalue weighted by molar-refractivity contribution is 7.14. The molecule has 1 aromatic heterocycles. The molecule has 1 aliphatic heterocycles. The van der Waals surface area contributed by atoms with E-state index in [0.29, 0.717) is 18.7 Å². The first-order chi connectivity index (χ1) is 15.4. The van der Waals surface area contributed by atoms with Crippen LogP contribution in [0.3, 0.4) is 0 Å². The van der Waals surface area contributed by atoms with Crippen molar-refractivity contribution < 1.29 is 23.8 Å². The van der Waals surface area contributed by atoms with Crippen LogP contribution in [0, 0.1) is 5.41 Å². The lowest BCUT2D eigenvalue weighted by Crippen LogP contribution is -2.49. The van der Waals surface area contributed by atoms with Crippen LogP contribution < -0.4 is 5.32 Å². The summed E-state index contributed by atoms with van der Waals surface area (Å²) in [6.45, 7) is 1.33. The maximum Gasteiger partial charge on any atom is 0.323 e. The van der Waals surface area contributed by atoms with E-state index < -0.39 is 18.0 Å². The van der Waals surface area contributed by atoms with Crippen molar-refractivity contribution in [3.8, 4) is 11.3 Å². The molecule has 0 saturated carbocycles. The summed E-state index contributed by atoms with van der Waals surface area (Å²) in [5.41, 5.74) is 2.56. The number of carbonyl (C=O) groups is 2. The van der Waals surface area contributed by atoms with Crippen molar-refractivity contribution in [1.29, 1.82) is 5.41 Å². The molecule has 2 aromatic rings. The Balaban J connectivity index is 1.56. The predicted molar refractivity (Wildman–Crippen MR) is 122 cm³/mol. The number of ether oxygens (including phenoxy) is 3. The Morgan fingerprint density at radius 2 is 1.84 bits per heavy atom. The van der Waals surface area contributed by atoms with E-state index in [1.54, 1.807) is 11.3 Å². The molecular formula is C22H28N4O5S. The molecular weight excluding hydrogens is 432 g/mol. The molecule has 1 saturated heterocycles. The molecule has 1 fully saturated rings. The number of hydrogen-bond donors (Lipinski definition) is 2. The second-order valence-corrected chi connectivity index (χ2v) is 8.28. The molecule has 10 heteroatoms. The summed E-state index contributed by atoms with van der Waals surface area (Å²) in [4.78, 5) is 30.5. The van der Waals surface area contributed by atoms with Crippen molar-refractivity contribution in [2.24, 2.45) is 0 Å². The van der Waals surface area contributed by atoms with Crippen LogP contribution in [0.5, 0.6) is 0 Å². The van der Waals surface area contributed by atoms with E-state index in [0.717, 1.165) is 29.2 Å². The average Bonchev–Trinajstić information content (AvgIpc) is 3.30. The number of esters is 2. The van der Waals surface area contributed by atoms with E-state index in [1.165, 1.54) is 21.3 Å². The molecule has 32 heavy (non-hydrogen) atoms. The molecule has 2 N–H and O–H groups in total. The molecule has 1 atom stereocenters. The zero-order chi connectivity index (χ0) is 23.1. The summed E-state index contributed by atoms with van der Waals surface area (Å²) in [6.07, 6.45) is 1.62. The van der Waals surface area contributed by atoms with Crippen molar-refractivity contribution >= 4 is 34.3 Å². The lowest BCUT2D eigenvalue weighted by molar-refractivity contribution is -0.154. The maximum absolute atomic E-state index is 12.1. The molecule has 172 valence electrons. The van der Waals surface area contributed by atoms with Gasteiger partial charge in [0.05, 0.1) is 33.4 Å². The number of rotatable bonds is 8. The van der Waals surface area contributed by atoms with Gasteiger partial charge in [-0.1, -0.05) is 12.1 Å². The molecule has 1 aliphatic rings. The van der Waals surface area contributed by atoms with Crippen LogP contribution in [0.25, 0.3) is 11.3 Å². The van der Waals surface area contributed by atoms with Gasteiger partial charge in [-0.2, -0.15) is 0 Å². The van der Waals surface area contributed by atoms with Gasteiger partial charge < -0.3 is 19.5 Å². The molecule has 0 radical (unpaired) electrons. The third-order valence-electron chi connectivity index (χ3n) is 5.51. The van der Waals surface area contributed by atoms with Crippen LogP contribution in [0.4, 0.5) is 5.13 Å². The number of piperidine rings is 1. The highest BCUT2D eigenvalue weighted by Gasteiger charge is 2.32. The van der Waals surface area contributed by atoms with Crippen molar-refractivity contribution in [2.45, 2.75) is 31.3 Å². The normalized spacial score (nSPS) is 15.6. The zero-order valence-electron chi connectivity index (χ0n) is 18.4. The maximum atomic E-state index is 12.1. The quantitative estimate of drug-likeness (QED) is 0.351. The third kappa shape index (κ3) is 5.83. The van der Waals surface area contributed by atoms with E-state index in [9.17, 15) is 9.59 Å². The Morgan fingerprint density at radius 1 is 1.16 bits per heavy atom. The molecule has 3 rings (SSSR count). The summed E-state index contributed by atoms with van der Waals surface area (Å²) in [5, 5.41) is 14.0. The van der Waals surface area contributed by atoms with Crippen LogP contribution in [0.2, 0.25) is 0 Å². The van der Waals surface area contributed by atoms with Gasteiger partial charge >= 0.3 is 11.9 Å². The number of thiazole rings is 1. The van der Waals surface area contributed by atoms with Gasteiger partial charge in [0.15, 0.2) is 5.13 Å². The molecule has 0 bridgehead atoms. The van der Waals surface area contributed by atoms with Crippen LogP contribution >= 0.6 is 11.3 Å². The topological polar surface area (TPSA) is 114 Å². The van der Waals surface area contributed by atoms with Crippen LogP contribution in [-0.4, -0.2) is 74.2 Å². The van der Waals surface area contributed by atoms with Gasteiger partial charge in [0.1, 0.15) is 6.04 Å². The first kappa shape index (κ1) is 23.7. The zero-order valence-corrected chi connectivity index (χ0v) is 19.2. The van der Waals surface area contributed by atoms with E-state index in [4.69, 9.17) is 19.6 Å². The van der Waals surface area contributed by atoms with E-state index in [2.05, 4.69) is 10.3 Å². The number of hydrogen-bond acceptors (Lipinski definition) is 10. The van der Waals surface area contributed by atoms with Crippen molar-refractivity contribution in [3.63, 3.8) is 0 Å². The lowest BCUT2D eigenvalue weighted by Gasteiger charge is -2.36. The Kier molecular flexibility index (Phi) is 8.18. The number of anilines is 1. The lowest BCUT2D eigenvalue weighted by atomic mass is 10.0. The Bertz CT molecular complexity index is 938. The van der Waals surface area contributed by atoms with Crippen molar-refractivity contribution in [2.75, 3.05) is 39.7 Å². The molecule has 1 aromatic carbocycles. The number of nitrogens with zero attached hydrogens (tertiary/aromatic N) is 2. The highest BCUT2D eigenvalue weighted by Crippen LogP contribution is 2.27. The van der Waals surface area contributed by atoms with E-state index in [-0.39, 0.29) is 18.4 Å². The van der Waals surface area contributed by atoms with Crippen molar-refractivity contribution in [1.82, 2.24) is 9.88 Å². The van der Waals surface area contributed by atoms with Gasteiger partial charge in [0.25, 0.3) is 0 Å². The fourth-order valence-corrected chi connectivity index (χ4v) is 4.45. The number of nitrogens with one attached hydrogen (secondary N) is 2. The fourth-order valence-electron chi connectivity index (χ4n) is 3.65. The van der Waals surface area contributed by atoms with E-state index in [1.807, 2.05) is 34.5 Å². The summed E-state index contributed by atoms with van der Waals surface area (Å²) < 4.78 is 14.5. The van der Waals surface area contributed by atoms with Gasteiger partial charge in [-0.25, -0.2) is 4.98 Å². The second kappa shape index (κ2) is 11.1. The second-order valence-electron chi connectivity index (χ2n) is 7.42. The minimum atomic E-state index is -0.623. The average molecular weight is 461 g/mol. The summed E-state index contributed by atoms with van der Waals surface area (Å²) in [5.74, 6) is -0.717. The largest absolute Gasteiger partial charge is 0.481 e. The summed E-state index contributed by atoms with van der Waals surface area (Å²) in [6, 6.07) is 7.14. The van der Waals surface area contributed by atoms with Crippen LogP contribution in [0.1, 0.15) is 24.8 Å². The number of likely N-dealkylation sites (tertiary alicyclic amines) is 1. The first-order valence-corrected chi connectivity index (χ1v) is 11.2. The van der Waals surface area contributed by atoms with Crippen LogP contribution in [-0.2, 0) is 23.8 Å². The Morgan fingerprint density at radius 3 is 2.44 bits per heavy atom. The number of methoxy groups -OCH3 is 3. The Labute approximate surface area is 191 Å². The van der Waals surface area contributed by atoms with Crippen LogP contribution in [0.15, 0.2) is 29.6 Å². The number of carbonyl (C=O) groups excluding carboxylic acids is 2.